The Morgan fingerprint density at radius 3 is 2.29 bits per heavy atom. The molecule has 0 saturated carbocycles. The summed E-state index contributed by atoms with van der Waals surface area (Å²) in [5.74, 6) is 0.865. The zero-order valence-corrected chi connectivity index (χ0v) is 13.6. The second-order valence-electron chi connectivity index (χ2n) is 6.16. The first-order valence-electron chi connectivity index (χ1n) is 8.27. The number of benzene rings is 1. The molecular formula is C18H29NO2. The summed E-state index contributed by atoms with van der Waals surface area (Å²) in [6.45, 7) is 9.21. The Bertz CT molecular complexity index is 425. The van der Waals surface area contributed by atoms with Crippen molar-refractivity contribution in [1.29, 1.82) is 0 Å². The van der Waals surface area contributed by atoms with Crippen LogP contribution < -0.4 is 4.74 Å². The average molecular weight is 291 g/mol. The lowest BCUT2D eigenvalue weighted by Crippen LogP contribution is -2.52. The van der Waals surface area contributed by atoms with Gasteiger partial charge in [-0.25, -0.2) is 0 Å². The summed E-state index contributed by atoms with van der Waals surface area (Å²) in [6, 6.07) is 7.89. The fourth-order valence-electron chi connectivity index (χ4n) is 3.27. The lowest BCUT2D eigenvalue weighted by molar-refractivity contribution is -0.0352. The number of aliphatic hydroxyl groups is 1. The minimum absolute atomic E-state index is 0.187. The van der Waals surface area contributed by atoms with Gasteiger partial charge in [0.1, 0.15) is 5.75 Å². The summed E-state index contributed by atoms with van der Waals surface area (Å²) in [7, 11) is 0. The molecule has 0 spiro atoms. The number of hydrogen-bond acceptors (Lipinski definition) is 3. The Labute approximate surface area is 128 Å². The van der Waals surface area contributed by atoms with Crippen molar-refractivity contribution in [3.8, 4) is 5.75 Å². The third-order valence-corrected chi connectivity index (χ3v) is 4.89. The van der Waals surface area contributed by atoms with Crippen molar-refractivity contribution in [2.24, 2.45) is 0 Å². The molecule has 1 fully saturated rings. The molecule has 0 aliphatic carbocycles. The van der Waals surface area contributed by atoms with E-state index in [9.17, 15) is 5.11 Å². The van der Waals surface area contributed by atoms with Crippen LogP contribution in [0.25, 0.3) is 0 Å². The van der Waals surface area contributed by atoms with Gasteiger partial charge in [-0.2, -0.15) is 0 Å². The first-order chi connectivity index (χ1) is 10.1. The summed E-state index contributed by atoms with van der Waals surface area (Å²) >= 11 is 0. The summed E-state index contributed by atoms with van der Waals surface area (Å²) in [5, 5.41) is 10.9. The summed E-state index contributed by atoms with van der Waals surface area (Å²) < 4.78 is 5.48. The largest absolute Gasteiger partial charge is 0.494 e. The molecule has 1 N–H and O–H groups in total. The highest BCUT2D eigenvalue weighted by Gasteiger charge is 2.38. The van der Waals surface area contributed by atoms with E-state index >= 15 is 0 Å². The first-order valence-corrected chi connectivity index (χ1v) is 8.27. The molecule has 2 unspecified atom stereocenters. The maximum Gasteiger partial charge on any atom is 0.119 e. The molecule has 118 valence electrons. The highest BCUT2D eigenvalue weighted by atomic mass is 16.5. The molecule has 0 radical (unpaired) electrons. The highest BCUT2D eigenvalue weighted by Crippen LogP contribution is 2.36. The number of aliphatic hydroxyl groups excluding tert-OH is 1. The standard InChI is InChI=1S/C18H29NO2/c1-4-18(3,19-13-7-6-8-14-19)17(20)15-9-11-16(12-10-15)21-5-2/h9-12,17,20H,4-8,13-14H2,1-3H3. The molecule has 1 aromatic rings. The molecule has 3 nitrogen and oxygen atoms in total. The predicted octanol–water partition coefficient (Wildman–Crippen LogP) is 3.77. The molecular weight excluding hydrogens is 262 g/mol. The van der Waals surface area contributed by atoms with E-state index in [1.807, 2.05) is 31.2 Å². The van der Waals surface area contributed by atoms with E-state index in [2.05, 4.69) is 18.7 Å². The average Bonchev–Trinajstić information content (AvgIpc) is 2.55. The van der Waals surface area contributed by atoms with E-state index < -0.39 is 6.10 Å². The number of likely N-dealkylation sites (tertiary alicyclic amines) is 1. The number of nitrogens with zero attached hydrogens (tertiary/aromatic N) is 1. The van der Waals surface area contributed by atoms with Crippen LogP contribution in [0.2, 0.25) is 0 Å². The number of hydrogen-bond donors (Lipinski definition) is 1. The fourth-order valence-corrected chi connectivity index (χ4v) is 3.27. The molecule has 1 aliphatic rings. The SMILES string of the molecule is CCOc1ccc(C(O)C(C)(CC)N2CCCCC2)cc1. The topological polar surface area (TPSA) is 32.7 Å². The van der Waals surface area contributed by atoms with Gasteiger partial charge in [0.15, 0.2) is 0 Å². The molecule has 3 heteroatoms. The van der Waals surface area contributed by atoms with Gasteiger partial charge in [-0.05, 0) is 63.9 Å². The molecule has 2 atom stereocenters. The zero-order chi connectivity index (χ0) is 15.3. The lowest BCUT2D eigenvalue weighted by Gasteiger charge is -2.46. The van der Waals surface area contributed by atoms with Gasteiger partial charge in [-0.15, -0.1) is 0 Å². The second-order valence-corrected chi connectivity index (χ2v) is 6.16. The monoisotopic (exact) mass is 291 g/mol. The van der Waals surface area contributed by atoms with Crippen LogP contribution in [0.4, 0.5) is 0 Å². The van der Waals surface area contributed by atoms with Crippen molar-refractivity contribution in [3.63, 3.8) is 0 Å². The van der Waals surface area contributed by atoms with Crippen LogP contribution in [-0.2, 0) is 0 Å². The molecule has 0 bridgehead atoms. The molecule has 2 rings (SSSR count). The van der Waals surface area contributed by atoms with Crippen molar-refractivity contribution >= 4 is 0 Å². The maximum absolute atomic E-state index is 10.9. The van der Waals surface area contributed by atoms with Crippen LogP contribution in [0, 0.1) is 0 Å². The molecule has 1 heterocycles. The van der Waals surface area contributed by atoms with Crippen LogP contribution in [0.5, 0.6) is 5.75 Å². The van der Waals surface area contributed by atoms with E-state index in [0.717, 1.165) is 30.8 Å². The van der Waals surface area contributed by atoms with Crippen molar-refractivity contribution in [3.05, 3.63) is 29.8 Å². The molecule has 0 aromatic heterocycles. The van der Waals surface area contributed by atoms with Gasteiger partial charge < -0.3 is 9.84 Å². The Hall–Kier alpha value is -1.06. The van der Waals surface area contributed by atoms with E-state index in [4.69, 9.17) is 4.74 Å². The third-order valence-electron chi connectivity index (χ3n) is 4.89. The lowest BCUT2D eigenvalue weighted by atomic mass is 9.84. The predicted molar refractivity (Wildman–Crippen MR) is 86.7 cm³/mol. The maximum atomic E-state index is 10.9. The Balaban J connectivity index is 2.16. The van der Waals surface area contributed by atoms with Crippen molar-refractivity contribution in [2.75, 3.05) is 19.7 Å². The minimum atomic E-state index is -0.462. The van der Waals surface area contributed by atoms with Crippen molar-refractivity contribution in [1.82, 2.24) is 4.90 Å². The smallest absolute Gasteiger partial charge is 0.119 e. The Kier molecular flexibility index (Phi) is 5.65. The third kappa shape index (κ3) is 3.58. The zero-order valence-electron chi connectivity index (χ0n) is 13.6. The van der Waals surface area contributed by atoms with Gasteiger partial charge in [-0.3, -0.25) is 4.90 Å². The van der Waals surface area contributed by atoms with Gasteiger partial charge in [0.2, 0.25) is 0 Å². The van der Waals surface area contributed by atoms with Crippen LogP contribution in [0.3, 0.4) is 0 Å². The Morgan fingerprint density at radius 1 is 1.14 bits per heavy atom. The summed E-state index contributed by atoms with van der Waals surface area (Å²) in [5.41, 5.74) is 0.793. The van der Waals surface area contributed by atoms with Crippen molar-refractivity contribution in [2.45, 2.75) is 58.1 Å². The number of rotatable bonds is 6. The summed E-state index contributed by atoms with van der Waals surface area (Å²) in [6.07, 6.45) is 4.28. The molecule has 0 amide bonds. The highest BCUT2D eigenvalue weighted by molar-refractivity contribution is 5.30. The van der Waals surface area contributed by atoms with Gasteiger partial charge in [0, 0.05) is 5.54 Å². The van der Waals surface area contributed by atoms with Gasteiger partial charge in [0.25, 0.3) is 0 Å². The van der Waals surface area contributed by atoms with E-state index in [0.29, 0.717) is 6.61 Å². The van der Waals surface area contributed by atoms with Gasteiger partial charge >= 0.3 is 0 Å². The quantitative estimate of drug-likeness (QED) is 0.866. The summed E-state index contributed by atoms with van der Waals surface area (Å²) in [4.78, 5) is 2.47. The Morgan fingerprint density at radius 2 is 1.76 bits per heavy atom. The molecule has 1 saturated heterocycles. The molecule has 21 heavy (non-hydrogen) atoms. The first kappa shape index (κ1) is 16.3. The van der Waals surface area contributed by atoms with Gasteiger partial charge in [0.05, 0.1) is 12.7 Å². The van der Waals surface area contributed by atoms with E-state index in [1.165, 1.54) is 19.3 Å². The van der Waals surface area contributed by atoms with Crippen LogP contribution >= 0.6 is 0 Å². The van der Waals surface area contributed by atoms with Crippen LogP contribution in [0.1, 0.15) is 58.1 Å². The molecule has 1 aliphatic heterocycles. The number of piperidine rings is 1. The van der Waals surface area contributed by atoms with E-state index in [1.54, 1.807) is 0 Å². The van der Waals surface area contributed by atoms with Crippen LogP contribution in [-0.4, -0.2) is 35.2 Å². The van der Waals surface area contributed by atoms with E-state index in [-0.39, 0.29) is 5.54 Å². The van der Waals surface area contributed by atoms with Crippen molar-refractivity contribution < 1.29 is 9.84 Å². The molecule has 1 aromatic carbocycles. The van der Waals surface area contributed by atoms with Crippen LogP contribution in [0.15, 0.2) is 24.3 Å². The van der Waals surface area contributed by atoms with Gasteiger partial charge in [-0.1, -0.05) is 25.5 Å². The fraction of sp³-hybridized carbons (Fsp3) is 0.667. The minimum Gasteiger partial charge on any atom is -0.494 e. The second kappa shape index (κ2) is 7.28. The normalized spacial score (nSPS) is 20.8. The number of ether oxygens (including phenoxy) is 1.